The fourth-order valence-electron chi connectivity index (χ4n) is 3.38. The number of rotatable bonds is 4. The topological polar surface area (TPSA) is 60.5 Å². The minimum absolute atomic E-state index is 0.0977. The summed E-state index contributed by atoms with van der Waals surface area (Å²) < 4.78 is 12.3. The third-order valence-electron chi connectivity index (χ3n) is 4.85. The highest BCUT2D eigenvalue weighted by atomic mass is 16.5. The van der Waals surface area contributed by atoms with E-state index < -0.39 is 5.97 Å². The summed E-state index contributed by atoms with van der Waals surface area (Å²) in [6.45, 7) is 5.23. The number of carbonyl (C=O) groups is 1. The maximum Gasteiger partial charge on any atom is 0.373 e. The van der Waals surface area contributed by atoms with E-state index in [-0.39, 0.29) is 11.8 Å². The van der Waals surface area contributed by atoms with Crippen molar-refractivity contribution < 1.29 is 13.9 Å². The maximum absolute atomic E-state index is 11.6. The van der Waals surface area contributed by atoms with Crippen LogP contribution in [0.3, 0.4) is 0 Å². The highest BCUT2D eigenvalue weighted by molar-refractivity contribution is 5.86. The van der Waals surface area contributed by atoms with Crippen LogP contribution in [0.5, 0.6) is 0 Å². The zero-order valence-corrected chi connectivity index (χ0v) is 14.1. The number of hydrogen-bond acceptors (Lipinski definition) is 5. The molecular weight excluding hydrogens is 294 g/mol. The van der Waals surface area contributed by atoms with Crippen LogP contribution in [-0.4, -0.2) is 34.3 Å². The quantitative estimate of drug-likeness (QED) is 0.811. The highest BCUT2D eigenvalue weighted by Gasteiger charge is 2.33. The molecule has 0 N–H and O–H groups in total. The molecule has 6 nitrogen and oxygen atoms in total. The van der Waals surface area contributed by atoms with Crippen molar-refractivity contribution in [3.05, 3.63) is 41.1 Å². The van der Waals surface area contributed by atoms with Crippen molar-refractivity contribution in [2.75, 3.05) is 13.7 Å². The van der Waals surface area contributed by atoms with Crippen LogP contribution >= 0.6 is 0 Å². The molecule has 2 atom stereocenters. The number of esters is 1. The van der Waals surface area contributed by atoms with Crippen molar-refractivity contribution in [3.8, 4) is 0 Å². The lowest BCUT2D eigenvalue weighted by atomic mass is 10.0. The second-order valence-electron chi connectivity index (χ2n) is 6.07. The predicted molar refractivity (Wildman–Crippen MR) is 85.1 cm³/mol. The molecule has 0 aliphatic carbocycles. The van der Waals surface area contributed by atoms with Crippen molar-refractivity contribution in [2.45, 2.75) is 38.8 Å². The first-order valence-electron chi connectivity index (χ1n) is 7.95. The molecule has 3 rings (SSSR count). The van der Waals surface area contributed by atoms with Gasteiger partial charge in [-0.2, -0.15) is 5.10 Å². The molecule has 2 aromatic heterocycles. The van der Waals surface area contributed by atoms with Crippen LogP contribution in [-0.2, 0) is 11.8 Å². The Kier molecular flexibility index (Phi) is 4.26. The molecule has 1 fully saturated rings. The first kappa shape index (κ1) is 15.8. The third kappa shape index (κ3) is 2.79. The lowest BCUT2D eigenvalue weighted by molar-refractivity contribution is 0.0558. The normalized spacial score (nSPS) is 19.9. The zero-order chi connectivity index (χ0) is 16.6. The van der Waals surface area contributed by atoms with E-state index >= 15 is 0 Å². The molecule has 0 bridgehead atoms. The number of hydrogen-bond donors (Lipinski definition) is 0. The fraction of sp³-hybridized carbons (Fsp3) is 0.529. The van der Waals surface area contributed by atoms with Crippen LogP contribution in [0.25, 0.3) is 0 Å². The van der Waals surface area contributed by atoms with Crippen molar-refractivity contribution in [1.82, 2.24) is 14.7 Å². The van der Waals surface area contributed by atoms with Gasteiger partial charge in [0.15, 0.2) is 0 Å². The molecule has 0 aromatic carbocycles. The summed E-state index contributed by atoms with van der Waals surface area (Å²) in [7, 11) is 3.33. The van der Waals surface area contributed by atoms with Crippen molar-refractivity contribution in [2.24, 2.45) is 7.05 Å². The number of furan rings is 1. The van der Waals surface area contributed by atoms with Crippen LogP contribution in [0.15, 0.2) is 22.7 Å². The Hall–Kier alpha value is -2.08. The first-order chi connectivity index (χ1) is 11.0. The van der Waals surface area contributed by atoms with E-state index in [1.54, 1.807) is 6.07 Å². The molecule has 3 heterocycles. The van der Waals surface area contributed by atoms with Gasteiger partial charge >= 0.3 is 5.97 Å². The molecule has 2 unspecified atom stereocenters. The van der Waals surface area contributed by atoms with Crippen LogP contribution in [0, 0.1) is 6.92 Å². The Morgan fingerprint density at radius 3 is 2.91 bits per heavy atom. The molecule has 1 aliphatic rings. The van der Waals surface area contributed by atoms with Crippen LogP contribution in [0.2, 0.25) is 0 Å². The van der Waals surface area contributed by atoms with E-state index in [2.05, 4.69) is 23.8 Å². The maximum atomic E-state index is 11.6. The Balaban J connectivity index is 1.83. The number of nitrogens with zero attached hydrogens (tertiary/aromatic N) is 3. The first-order valence-corrected chi connectivity index (χ1v) is 7.95. The van der Waals surface area contributed by atoms with Gasteiger partial charge in [0.2, 0.25) is 5.76 Å². The minimum atomic E-state index is -0.440. The van der Waals surface area contributed by atoms with Crippen molar-refractivity contribution in [3.63, 3.8) is 0 Å². The molecule has 6 heteroatoms. The summed E-state index contributed by atoms with van der Waals surface area (Å²) >= 11 is 0. The molecule has 124 valence electrons. The summed E-state index contributed by atoms with van der Waals surface area (Å²) in [5.41, 5.74) is 2.47. The average molecular weight is 317 g/mol. The third-order valence-corrected chi connectivity index (χ3v) is 4.85. The average Bonchev–Trinajstić information content (AvgIpc) is 3.27. The fourth-order valence-corrected chi connectivity index (χ4v) is 3.38. The van der Waals surface area contributed by atoms with Gasteiger partial charge in [0, 0.05) is 24.3 Å². The predicted octanol–water partition coefficient (Wildman–Crippen LogP) is 3.01. The molecule has 0 amide bonds. The number of ether oxygens (including phenoxy) is 1. The van der Waals surface area contributed by atoms with E-state index in [1.807, 2.05) is 24.0 Å². The monoisotopic (exact) mass is 317 g/mol. The second kappa shape index (κ2) is 6.20. The van der Waals surface area contributed by atoms with Crippen molar-refractivity contribution >= 4 is 5.97 Å². The van der Waals surface area contributed by atoms with Gasteiger partial charge in [-0.25, -0.2) is 4.79 Å². The molecule has 1 aliphatic heterocycles. The number of methoxy groups -OCH3 is 1. The van der Waals surface area contributed by atoms with Crippen LogP contribution < -0.4 is 0 Å². The summed E-state index contributed by atoms with van der Waals surface area (Å²) in [6, 6.07) is 3.98. The van der Waals surface area contributed by atoms with Crippen LogP contribution in [0.4, 0.5) is 0 Å². The molecule has 1 saturated heterocycles. The summed E-state index contributed by atoms with van der Waals surface area (Å²) in [5, 5.41) is 4.37. The van der Waals surface area contributed by atoms with Gasteiger partial charge in [0.25, 0.3) is 0 Å². The second-order valence-corrected chi connectivity index (χ2v) is 6.07. The molecular formula is C17H23N3O3. The summed E-state index contributed by atoms with van der Waals surface area (Å²) in [4.78, 5) is 14.0. The number of aromatic nitrogens is 2. The lowest BCUT2D eigenvalue weighted by Gasteiger charge is -2.29. The lowest BCUT2D eigenvalue weighted by Crippen LogP contribution is -2.26. The Labute approximate surface area is 136 Å². The number of likely N-dealkylation sites (tertiary alicyclic amines) is 1. The van der Waals surface area contributed by atoms with Crippen LogP contribution in [0.1, 0.15) is 59.4 Å². The van der Waals surface area contributed by atoms with E-state index in [9.17, 15) is 4.79 Å². The van der Waals surface area contributed by atoms with Gasteiger partial charge in [0.1, 0.15) is 5.76 Å². The van der Waals surface area contributed by atoms with Gasteiger partial charge in [-0.05, 0) is 45.4 Å². The SMILES string of the molecule is COC(=O)c1ccc(C(C)N2CCCC2c2cnn(C)c2C)o1. The summed E-state index contributed by atoms with van der Waals surface area (Å²) in [6.07, 6.45) is 4.22. The molecule has 2 aromatic rings. The number of carbonyl (C=O) groups excluding carboxylic acids is 1. The van der Waals surface area contributed by atoms with E-state index in [1.165, 1.54) is 18.4 Å². The van der Waals surface area contributed by atoms with Gasteiger partial charge in [0.05, 0.1) is 19.3 Å². The molecule has 23 heavy (non-hydrogen) atoms. The Bertz CT molecular complexity index is 704. The van der Waals surface area contributed by atoms with Crippen molar-refractivity contribution in [1.29, 1.82) is 0 Å². The Morgan fingerprint density at radius 1 is 1.48 bits per heavy atom. The minimum Gasteiger partial charge on any atom is -0.463 e. The van der Waals surface area contributed by atoms with E-state index in [4.69, 9.17) is 9.15 Å². The number of aryl methyl sites for hydroxylation is 1. The molecule has 0 saturated carbocycles. The van der Waals surface area contributed by atoms with Gasteiger partial charge < -0.3 is 9.15 Å². The van der Waals surface area contributed by atoms with Gasteiger partial charge in [-0.1, -0.05) is 0 Å². The smallest absolute Gasteiger partial charge is 0.373 e. The highest BCUT2D eigenvalue weighted by Crippen LogP contribution is 2.39. The Morgan fingerprint density at radius 2 is 2.26 bits per heavy atom. The van der Waals surface area contributed by atoms with E-state index in [0.717, 1.165) is 25.1 Å². The summed E-state index contributed by atoms with van der Waals surface area (Å²) in [5.74, 6) is 0.603. The van der Waals surface area contributed by atoms with E-state index in [0.29, 0.717) is 6.04 Å². The molecule has 0 radical (unpaired) electrons. The van der Waals surface area contributed by atoms with Gasteiger partial charge in [-0.15, -0.1) is 0 Å². The standard InChI is InChI=1S/C17H23N3O3/c1-11-13(10-18-19(11)3)14-6-5-9-20(14)12(2)15-7-8-16(23-15)17(21)22-4/h7-8,10,12,14H,5-6,9H2,1-4H3. The zero-order valence-electron chi connectivity index (χ0n) is 14.1. The molecule has 0 spiro atoms. The largest absolute Gasteiger partial charge is 0.463 e. The van der Waals surface area contributed by atoms with Gasteiger partial charge in [-0.3, -0.25) is 9.58 Å².